The highest BCUT2D eigenvalue weighted by molar-refractivity contribution is 7.89. The second-order valence-corrected chi connectivity index (χ2v) is 5.81. The molecule has 1 amide bonds. The Morgan fingerprint density at radius 2 is 1.89 bits per heavy atom. The topological polar surface area (TPSA) is 115 Å². The lowest BCUT2D eigenvalue weighted by molar-refractivity contribution is -0.124. The van der Waals surface area contributed by atoms with Crippen LogP contribution in [0.25, 0.3) is 0 Å². The number of amides is 1. The van der Waals surface area contributed by atoms with Gasteiger partial charge in [0.15, 0.2) is 0 Å². The van der Waals surface area contributed by atoms with Gasteiger partial charge in [-0.1, -0.05) is 19.1 Å². The largest absolute Gasteiger partial charge is 0.352 e. The molecule has 0 spiro atoms. The van der Waals surface area contributed by atoms with Crippen molar-refractivity contribution in [2.45, 2.75) is 24.8 Å². The number of primary sulfonamides is 1. The first-order chi connectivity index (χ1) is 8.88. The summed E-state index contributed by atoms with van der Waals surface area (Å²) in [6.07, 6.45) is 0.687. The summed E-state index contributed by atoms with van der Waals surface area (Å²) in [6.45, 7) is 2.55. The van der Waals surface area contributed by atoms with Crippen molar-refractivity contribution >= 4 is 15.9 Å². The van der Waals surface area contributed by atoms with Gasteiger partial charge in [0.2, 0.25) is 15.9 Å². The quantitative estimate of drug-likeness (QED) is 0.678. The smallest absolute Gasteiger partial charge is 0.238 e. The number of hydrogen-bond donors (Lipinski definition) is 3. The van der Waals surface area contributed by atoms with E-state index in [4.69, 9.17) is 10.9 Å². The Hall–Kier alpha value is -1.44. The van der Waals surface area contributed by atoms with E-state index in [0.717, 1.165) is 5.56 Å². The Morgan fingerprint density at radius 1 is 1.32 bits per heavy atom. The van der Waals surface area contributed by atoms with E-state index in [1.165, 1.54) is 12.1 Å². The summed E-state index contributed by atoms with van der Waals surface area (Å²) in [5.74, 6) is -0.288. The molecular weight excluding hydrogens is 266 g/mol. The van der Waals surface area contributed by atoms with Crippen molar-refractivity contribution in [3.63, 3.8) is 0 Å². The molecule has 0 fully saturated rings. The van der Waals surface area contributed by atoms with Crippen LogP contribution in [-0.2, 0) is 21.4 Å². The van der Waals surface area contributed by atoms with Gasteiger partial charge in [-0.05, 0) is 24.1 Å². The fourth-order valence-corrected chi connectivity index (χ4v) is 2.11. The number of rotatable bonds is 6. The van der Waals surface area contributed by atoms with Gasteiger partial charge in [0, 0.05) is 19.0 Å². The molecule has 1 aromatic rings. The fourth-order valence-electron chi connectivity index (χ4n) is 1.59. The van der Waals surface area contributed by atoms with Crippen LogP contribution in [0.15, 0.2) is 29.2 Å². The van der Waals surface area contributed by atoms with Crippen molar-refractivity contribution in [3.8, 4) is 0 Å². The summed E-state index contributed by atoms with van der Waals surface area (Å²) in [6, 6.07) is 6.06. The van der Waals surface area contributed by atoms with Gasteiger partial charge >= 0.3 is 0 Å². The molecule has 1 aromatic carbocycles. The predicted octanol–water partition coefficient (Wildman–Crippen LogP) is -0.0649. The lowest BCUT2D eigenvalue weighted by Crippen LogP contribution is -2.34. The van der Waals surface area contributed by atoms with Gasteiger partial charge in [-0.2, -0.15) is 0 Å². The van der Waals surface area contributed by atoms with Gasteiger partial charge in [0.25, 0.3) is 0 Å². The molecule has 0 aliphatic heterocycles. The second kappa shape index (κ2) is 6.65. The molecule has 0 aliphatic rings. The molecule has 6 nitrogen and oxygen atoms in total. The van der Waals surface area contributed by atoms with Crippen LogP contribution < -0.4 is 16.2 Å². The summed E-state index contributed by atoms with van der Waals surface area (Å²) in [4.78, 5) is 11.7. The van der Waals surface area contributed by atoms with Gasteiger partial charge in [-0.3, -0.25) is 4.79 Å². The minimum atomic E-state index is -3.68. The molecule has 0 aliphatic carbocycles. The van der Waals surface area contributed by atoms with Crippen LogP contribution in [0, 0.1) is 5.92 Å². The molecular formula is C12H19N3O3S. The molecule has 0 bridgehead atoms. The summed E-state index contributed by atoms with van der Waals surface area (Å²) >= 11 is 0. The molecule has 5 N–H and O–H groups in total. The number of carbonyl (C=O) groups excluding carboxylic acids is 1. The Balaban J connectivity index is 2.62. The van der Waals surface area contributed by atoms with Crippen molar-refractivity contribution in [1.82, 2.24) is 5.32 Å². The highest BCUT2D eigenvalue weighted by Crippen LogP contribution is 2.09. The van der Waals surface area contributed by atoms with Crippen LogP contribution >= 0.6 is 0 Å². The lowest BCUT2D eigenvalue weighted by atomic mass is 10.1. The first kappa shape index (κ1) is 15.6. The van der Waals surface area contributed by atoms with Crippen molar-refractivity contribution in [2.24, 2.45) is 16.8 Å². The van der Waals surface area contributed by atoms with E-state index in [9.17, 15) is 13.2 Å². The number of carbonyl (C=O) groups is 1. The second-order valence-electron chi connectivity index (χ2n) is 4.25. The van der Waals surface area contributed by atoms with Crippen molar-refractivity contribution < 1.29 is 13.2 Å². The molecule has 1 atom stereocenters. The number of nitrogens with two attached hydrogens (primary N) is 2. The van der Waals surface area contributed by atoms with E-state index < -0.39 is 10.0 Å². The monoisotopic (exact) mass is 285 g/mol. The highest BCUT2D eigenvalue weighted by Gasteiger charge is 2.13. The van der Waals surface area contributed by atoms with E-state index >= 15 is 0 Å². The Kier molecular flexibility index (Phi) is 5.46. The standard InChI is InChI=1S/C12H19N3O3S/c1-2-10(7-13)12(16)15-8-9-3-5-11(6-4-9)19(14,17)18/h3-6,10H,2,7-8,13H2,1H3,(H,15,16)(H2,14,17,18). The third-order valence-corrected chi connectivity index (χ3v) is 3.80. The van der Waals surface area contributed by atoms with Crippen LogP contribution in [0.1, 0.15) is 18.9 Å². The molecule has 0 aromatic heterocycles. The number of sulfonamides is 1. The van der Waals surface area contributed by atoms with E-state index in [0.29, 0.717) is 19.5 Å². The van der Waals surface area contributed by atoms with E-state index in [-0.39, 0.29) is 16.7 Å². The zero-order valence-corrected chi connectivity index (χ0v) is 11.6. The third kappa shape index (κ3) is 4.62. The average molecular weight is 285 g/mol. The van der Waals surface area contributed by atoms with Crippen LogP contribution in [0.4, 0.5) is 0 Å². The average Bonchev–Trinajstić information content (AvgIpc) is 2.37. The molecule has 7 heteroatoms. The zero-order chi connectivity index (χ0) is 14.5. The molecule has 0 heterocycles. The van der Waals surface area contributed by atoms with Crippen molar-refractivity contribution in [1.29, 1.82) is 0 Å². The third-order valence-electron chi connectivity index (χ3n) is 2.87. The molecule has 1 rings (SSSR count). The van der Waals surface area contributed by atoms with Gasteiger partial charge in [0.1, 0.15) is 0 Å². The highest BCUT2D eigenvalue weighted by atomic mass is 32.2. The summed E-state index contributed by atoms with van der Waals surface area (Å²) < 4.78 is 22.1. The number of nitrogens with one attached hydrogen (secondary N) is 1. The molecule has 0 saturated heterocycles. The van der Waals surface area contributed by atoms with Crippen molar-refractivity contribution in [2.75, 3.05) is 6.54 Å². The van der Waals surface area contributed by atoms with Gasteiger partial charge in [-0.15, -0.1) is 0 Å². The normalized spacial score (nSPS) is 13.0. The molecule has 1 unspecified atom stereocenters. The lowest BCUT2D eigenvalue weighted by Gasteiger charge is -2.12. The van der Waals surface area contributed by atoms with Crippen molar-refractivity contribution in [3.05, 3.63) is 29.8 Å². The number of benzene rings is 1. The van der Waals surface area contributed by atoms with E-state index in [1.54, 1.807) is 12.1 Å². The molecule has 19 heavy (non-hydrogen) atoms. The Labute approximate surface area is 113 Å². The minimum absolute atomic E-state index is 0.0518. The summed E-state index contributed by atoms with van der Waals surface area (Å²) in [5, 5.41) is 7.75. The number of hydrogen-bond acceptors (Lipinski definition) is 4. The maximum Gasteiger partial charge on any atom is 0.238 e. The Morgan fingerprint density at radius 3 is 2.32 bits per heavy atom. The molecule has 0 saturated carbocycles. The zero-order valence-electron chi connectivity index (χ0n) is 10.8. The maximum absolute atomic E-state index is 11.7. The summed E-state index contributed by atoms with van der Waals surface area (Å²) in [5.41, 5.74) is 6.28. The Bertz CT molecular complexity index is 522. The molecule has 0 radical (unpaired) electrons. The molecule has 106 valence electrons. The minimum Gasteiger partial charge on any atom is -0.352 e. The first-order valence-electron chi connectivity index (χ1n) is 5.98. The van der Waals surface area contributed by atoms with Gasteiger partial charge < -0.3 is 11.1 Å². The van der Waals surface area contributed by atoms with E-state index in [1.807, 2.05) is 6.92 Å². The fraction of sp³-hybridized carbons (Fsp3) is 0.417. The first-order valence-corrected chi connectivity index (χ1v) is 7.52. The SMILES string of the molecule is CCC(CN)C(=O)NCc1ccc(S(N)(=O)=O)cc1. The van der Waals surface area contributed by atoms with Crippen LogP contribution in [0.2, 0.25) is 0 Å². The van der Waals surface area contributed by atoms with Gasteiger partial charge in [-0.25, -0.2) is 13.6 Å². The van der Waals surface area contributed by atoms with Gasteiger partial charge in [0.05, 0.1) is 4.90 Å². The van der Waals surface area contributed by atoms with Crippen LogP contribution in [0.3, 0.4) is 0 Å². The predicted molar refractivity (Wildman–Crippen MR) is 72.5 cm³/mol. The summed E-state index contributed by atoms with van der Waals surface area (Å²) in [7, 11) is -3.68. The van der Waals surface area contributed by atoms with Crippen LogP contribution in [0.5, 0.6) is 0 Å². The maximum atomic E-state index is 11.7. The van der Waals surface area contributed by atoms with E-state index in [2.05, 4.69) is 5.32 Å². The van der Waals surface area contributed by atoms with Crippen LogP contribution in [-0.4, -0.2) is 20.9 Å².